The van der Waals surface area contributed by atoms with Gasteiger partial charge >= 0.3 is 5.97 Å². The third kappa shape index (κ3) is 4.37. The van der Waals surface area contributed by atoms with E-state index in [2.05, 4.69) is 31.2 Å². The highest BCUT2D eigenvalue weighted by molar-refractivity contribution is 6.21. The number of hydrogen-bond donors (Lipinski definition) is 1. The molecule has 1 unspecified atom stereocenters. The molecular formula is C15H26N2O2. The highest BCUT2D eigenvalue weighted by Gasteiger charge is 2.28. The number of carbonyl (C=O) groups excluding carboxylic acids is 1. The second kappa shape index (κ2) is 7.97. The van der Waals surface area contributed by atoms with E-state index in [0.29, 0.717) is 17.2 Å². The molecule has 1 aliphatic rings. The van der Waals surface area contributed by atoms with Crippen LogP contribution in [0, 0.1) is 5.92 Å². The molecule has 0 fully saturated rings. The maximum absolute atomic E-state index is 11.7. The molecular weight excluding hydrogens is 240 g/mol. The molecule has 108 valence electrons. The van der Waals surface area contributed by atoms with Gasteiger partial charge in [0.2, 0.25) is 0 Å². The summed E-state index contributed by atoms with van der Waals surface area (Å²) in [5.41, 5.74) is 2.30. The summed E-state index contributed by atoms with van der Waals surface area (Å²) in [7, 11) is 0. The monoisotopic (exact) mass is 266 g/mol. The molecule has 4 heteroatoms. The van der Waals surface area contributed by atoms with Crippen molar-refractivity contribution < 1.29 is 9.63 Å². The second-order valence-corrected chi connectivity index (χ2v) is 5.14. The first-order valence-electron chi connectivity index (χ1n) is 7.36. The molecule has 0 saturated heterocycles. The van der Waals surface area contributed by atoms with Crippen LogP contribution in [0.3, 0.4) is 0 Å². The fraction of sp³-hybridized carbons (Fsp3) is 0.733. The minimum atomic E-state index is -0.325. The van der Waals surface area contributed by atoms with Crippen molar-refractivity contribution >= 4 is 11.7 Å². The summed E-state index contributed by atoms with van der Waals surface area (Å²) < 4.78 is 0. The zero-order valence-corrected chi connectivity index (χ0v) is 12.6. The smallest absolute Gasteiger partial charge is 0.369 e. The maximum atomic E-state index is 11.7. The van der Waals surface area contributed by atoms with Crippen molar-refractivity contribution in [3.8, 4) is 0 Å². The molecule has 1 aliphatic heterocycles. The number of oxime groups is 1. The zero-order valence-electron chi connectivity index (χ0n) is 12.6. The third-order valence-electron chi connectivity index (χ3n) is 3.55. The van der Waals surface area contributed by atoms with E-state index in [1.54, 1.807) is 0 Å². The van der Waals surface area contributed by atoms with Gasteiger partial charge in [0.25, 0.3) is 0 Å². The van der Waals surface area contributed by atoms with Crippen LogP contribution in [-0.2, 0) is 9.63 Å². The number of carbonyl (C=O) groups is 1. The fourth-order valence-electron chi connectivity index (χ4n) is 2.14. The Morgan fingerprint density at radius 3 is 2.58 bits per heavy atom. The number of nitrogens with zero attached hydrogens (tertiary/aromatic N) is 1. The van der Waals surface area contributed by atoms with Crippen LogP contribution in [0.2, 0.25) is 0 Å². The summed E-state index contributed by atoms with van der Waals surface area (Å²) in [4.78, 5) is 16.5. The van der Waals surface area contributed by atoms with Crippen LogP contribution in [0.5, 0.6) is 0 Å². The Morgan fingerprint density at radius 2 is 2.05 bits per heavy atom. The van der Waals surface area contributed by atoms with E-state index < -0.39 is 0 Å². The second-order valence-electron chi connectivity index (χ2n) is 5.14. The molecule has 0 aliphatic carbocycles. The Labute approximate surface area is 116 Å². The van der Waals surface area contributed by atoms with Crippen molar-refractivity contribution in [2.75, 3.05) is 6.54 Å². The van der Waals surface area contributed by atoms with Crippen LogP contribution < -0.4 is 5.32 Å². The van der Waals surface area contributed by atoms with Crippen LogP contribution >= 0.6 is 0 Å². The lowest BCUT2D eigenvalue weighted by Gasteiger charge is -2.18. The molecule has 0 saturated carbocycles. The number of nitrogens with one attached hydrogen (secondary N) is 1. The van der Waals surface area contributed by atoms with Crippen LogP contribution in [-0.4, -0.2) is 18.2 Å². The largest absolute Gasteiger partial charge is 0.387 e. The Morgan fingerprint density at radius 1 is 1.32 bits per heavy atom. The quantitative estimate of drug-likeness (QED) is 0.416. The lowest BCUT2D eigenvalue weighted by molar-refractivity contribution is -0.137. The number of allylic oxidation sites excluding steroid dienone is 1. The van der Waals surface area contributed by atoms with Crippen LogP contribution in [0.15, 0.2) is 16.4 Å². The van der Waals surface area contributed by atoms with Crippen molar-refractivity contribution in [2.24, 2.45) is 11.1 Å². The third-order valence-corrected chi connectivity index (χ3v) is 3.55. The van der Waals surface area contributed by atoms with Crippen LogP contribution in [0.1, 0.15) is 59.8 Å². The Balaban J connectivity index is 2.70. The number of hydrogen-bond acceptors (Lipinski definition) is 4. The summed E-state index contributed by atoms with van der Waals surface area (Å²) in [6.45, 7) is 9.18. The predicted molar refractivity (Wildman–Crippen MR) is 77.8 cm³/mol. The van der Waals surface area contributed by atoms with E-state index in [4.69, 9.17) is 4.84 Å². The molecule has 1 atom stereocenters. The van der Waals surface area contributed by atoms with Crippen LogP contribution in [0.25, 0.3) is 0 Å². The van der Waals surface area contributed by atoms with Gasteiger partial charge in [-0.25, -0.2) is 4.79 Å². The van der Waals surface area contributed by atoms with Gasteiger partial charge in [0.1, 0.15) is 5.57 Å². The summed E-state index contributed by atoms with van der Waals surface area (Å²) in [6.07, 6.45) is 5.84. The Kier molecular flexibility index (Phi) is 6.60. The van der Waals surface area contributed by atoms with Crippen LogP contribution in [0.4, 0.5) is 0 Å². The molecule has 19 heavy (non-hydrogen) atoms. The van der Waals surface area contributed by atoms with Gasteiger partial charge in [-0.2, -0.15) is 0 Å². The van der Waals surface area contributed by atoms with Gasteiger partial charge in [0.05, 0.1) is 5.71 Å². The van der Waals surface area contributed by atoms with Crippen molar-refractivity contribution in [3.05, 3.63) is 11.3 Å². The van der Waals surface area contributed by atoms with Crippen molar-refractivity contribution in [2.45, 2.75) is 59.8 Å². The molecule has 0 amide bonds. The lowest BCUT2D eigenvalue weighted by atomic mass is 9.97. The zero-order chi connectivity index (χ0) is 14.3. The SMILES string of the molecule is CCCCCCN/C(=C1\C(=O)ON=C1C)C(C)CC. The summed E-state index contributed by atoms with van der Waals surface area (Å²) in [6, 6.07) is 0. The van der Waals surface area contributed by atoms with Gasteiger partial charge in [-0.15, -0.1) is 0 Å². The minimum Gasteiger partial charge on any atom is -0.387 e. The summed E-state index contributed by atoms with van der Waals surface area (Å²) in [5, 5.41) is 7.19. The van der Waals surface area contributed by atoms with Gasteiger partial charge in [-0.1, -0.05) is 45.2 Å². The predicted octanol–water partition coefficient (Wildman–Crippen LogP) is 3.39. The highest BCUT2D eigenvalue weighted by atomic mass is 16.7. The van der Waals surface area contributed by atoms with E-state index >= 15 is 0 Å². The molecule has 0 aromatic carbocycles. The van der Waals surface area contributed by atoms with Crippen molar-refractivity contribution in [1.29, 1.82) is 0 Å². The van der Waals surface area contributed by atoms with Gasteiger partial charge in [0.15, 0.2) is 0 Å². The molecule has 0 bridgehead atoms. The molecule has 1 heterocycles. The molecule has 0 spiro atoms. The molecule has 0 aromatic heterocycles. The molecule has 0 radical (unpaired) electrons. The van der Waals surface area contributed by atoms with Crippen molar-refractivity contribution in [1.82, 2.24) is 5.32 Å². The Hall–Kier alpha value is -1.32. The van der Waals surface area contributed by atoms with E-state index in [-0.39, 0.29) is 5.97 Å². The highest BCUT2D eigenvalue weighted by Crippen LogP contribution is 2.22. The molecule has 1 N–H and O–H groups in total. The molecule has 4 nitrogen and oxygen atoms in total. The van der Waals surface area contributed by atoms with Gasteiger partial charge < -0.3 is 10.2 Å². The first-order chi connectivity index (χ1) is 9.11. The first kappa shape index (κ1) is 15.7. The van der Waals surface area contributed by atoms with E-state index in [1.807, 2.05) is 6.92 Å². The van der Waals surface area contributed by atoms with Gasteiger partial charge in [-0.05, 0) is 25.7 Å². The average molecular weight is 266 g/mol. The average Bonchev–Trinajstić information content (AvgIpc) is 2.73. The van der Waals surface area contributed by atoms with E-state index in [9.17, 15) is 4.79 Å². The maximum Gasteiger partial charge on any atom is 0.369 e. The standard InChI is InChI=1S/C15H26N2O2/c1-5-7-8-9-10-16-14(11(3)6-2)13-12(4)17-19-15(13)18/h11,16H,5-10H2,1-4H3/b14-13-. The minimum absolute atomic E-state index is 0.317. The normalized spacial score (nSPS) is 18.9. The number of unbranched alkanes of at least 4 members (excludes halogenated alkanes) is 3. The molecule has 0 aromatic rings. The summed E-state index contributed by atoms with van der Waals surface area (Å²) in [5.74, 6) is -0.00849. The first-order valence-corrected chi connectivity index (χ1v) is 7.36. The van der Waals surface area contributed by atoms with E-state index in [1.165, 1.54) is 19.3 Å². The fourth-order valence-corrected chi connectivity index (χ4v) is 2.14. The van der Waals surface area contributed by atoms with Gasteiger partial charge in [0, 0.05) is 12.2 Å². The van der Waals surface area contributed by atoms with Crippen molar-refractivity contribution in [3.63, 3.8) is 0 Å². The lowest BCUT2D eigenvalue weighted by Crippen LogP contribution is -2.25. The number of rotatable bonds is 8. The summed E-state index contributed by atoms with van der Waals surface area (Å²) >= 11 is 0. The topological polar surface area (TPSA) is 50.7 Å². The molecule has 1 rings (SSSR count). The van der Waals surface area contributed by atoms with E-state index in [0.717, 1.165) is 25.1 Å². The Bertz CT molecular complexity index is 372. The van der Waals surface area contributed by atoms with Gasteiger partial charge in [-0.3, -0.25) is 0 Å².